The van der Waals surface area contributed by atoms with Crippen LogP contribution >= 0.6 is 0 Å². The van der Waals surface area contributed by atoms with Crippen molar-refractivity contribution in [3.05, 3.63) is 59.7 Å². The molecule has 2 aromatic rings. The quantitative estimate of drug-likeness (QED) is 0.669. The van der Waals surface area contributed by atoms with E-state index in [9.17, 15) is 14.0 Å². The van der Waals surface area contributed by atoms with Crippen molar-refractivity contribution in [3.63, 3.8) is 0 Å². The summed E-state index contributed by atoms with van der Waals surface area (Å²) in [4.78, 5) is 23.3. The highest BCUT2D eigenvalue weighted by Crippen LogP contribution is 2.18. The summed E-state index contributed by atoms with van der Waals surface area (Å²) in [6, 6.07) is 8.80. The van der Waals surface area contributed by atoms with E-state index in [2.05, 4.69) is 20.3 Å². The van der Waals surface area contributed by atoms with E-state index in [1.165, 1.54) is 12.3 Å². The Balaban J connectivity index is 2.21. The van der Waals surface area contributed by atoms with Gasteiger partial charge < -0.3 is 10.1 Å². The Labute approximate surface area is 132 Å². The first kappa shape index (κ1) is 16.5. The van der Waals surface area contributed by atoms with E-state index in [0.29, 0.717) is 11.3 Å². The highest BCUT2D eigenvalue weighted by molar-refractivity contribution is 6.32. The predicted octanol–water partition coefficient (Wildman–Crippen LogP) is 1.58. The molecule has 1 unspecified atom stereocenters. The SMILES string of the molecule is CCOC(=O)C(=O)NC(Cc1ccccc1F)c1cccnn1. The van der Waals surface area contributed by atoms with Gasteiger partial charge in [0, 0.05) is 12.6 Å². The van der Waals surface area contributed by atoms with E-state index in [4.69, 9.17) is 0 Å². The van der Waals surface area contributed by atoms with Gasteiger partial charge in [0.25, 0.3) is 0 Å². The minimum absolute atomic E-state index is 0.0926. The van der Waals surface area contributed by atoms with E-state index >= 15 is 0 Å². The van der Waals surface area contributed by atoms with Crippen molar-refractivity contribution in [2.24, 2.45) is 0 Å². The number of carbonyl (C=O) groups is 2. The Bertz CT molecular complexity index is 679. The molecule has 0 spiro atoms. The third kappa shape index (κ3) is 4.57. The van der Waals surface area contributed by atoms with Crippen LogP contribution in [0.5, 0.6) is 0 Å². The van der Waals surface area contributed by atoms with Crippen molar-refractivity contribution in [2.45, 2.75) is 19.4 Å². The smallest absolute Gasteiger partial charge is 0.396 e. The maximum absolute atomic E-state index is 13.8. The second-order valence-electron chi connectivity index (χ2n) is 4.69. The average molecular weight is 317 g/mol. The standard InChI is InChI=1S/C16H16FN3O3/c1-2-23-16(22)15(21)19-14(13-8-5-9-18-20-13)10-11-6-3-4-7-12(11)17/h3-9,14H,2,10H2,1H3,(H,19,21). The number of hydrogen-bond acceptors (Lipinski definition) is 5. The molecule has 1 atom stereocenters. The van der Waals surface area contributed by atoms with Gasteiger partial charge in [0.05, 0.1) is 18.3 Å². The second-order valence-corrected chi connectivity index (χ2v) is 4.69. The maximum atomic E-state index is 13.8. The molecule has 0 aliphatic heterocycles. The number of halogens is 1. The third-order valence-corrected chi connectivity index (χ3v) is 3.10. The third-order valence-electron chi connectivity index (χ3n) is 3.10. The summed E-state index contributed by atoms with van der Waals surface area (Å²) in [5.41, 5.74) is 0.820. The Kier molecular flexibility index (Phi) is 5.74. The molecule has 1 aromatic carbocycles. The molecule has 1 aromatic heterocycles. The molecule has 6 nitrogen and oxygen atoms in total. The van der Waals surface area contributed by atoms with Gasteiger partial charge in [-0.1, -0.05) is 18.2 Å². The number of nitrogens with one attached hydrogen (secondary N) is 1. The van der Waals surface area contributed by atoms with Crippen molar-refractivity contribution in [1.82, 2.24) is 15.5 Å². The minimum atomic E-state index is -0.991. The lowest BCUT2D eigenvalue weighted by atomic mass is 10.0. The zero-order chi connectivity index (χ0) is 16.7. The van der Waals surface area contributed by atoms with Gasteiger partial charge in [0.1, 0.15) is 5.82 Å². The summed E-state index contributed by atoms with van der Waals surface area (Å²) >= 11 is 0. The number of esters is 1. The van der Waals surface area contributed by atoms with Gasteiger partial charge in [-0.3, -0.25) is 4.79 Å². The van der Waals surface area contributed by atoms with Gasteiger partial charge in [-0.15, -0.1) is 0 Å². The fourth-order valence-electron chi connectivity index (χ4n) is 2.03. The molecule has 0 saturated heterocycles. The van der Waals surface area contributed by atoms with Crippen molar-refractivity contribution in [2.75, 3.05) is 6.61 Å². The lowest BCUT2D eigenvalue weighted by Crippen LogP contribution is -2.37. The summed E-state index contributed by atoms with van der Waals surface area (Å²) in [7, 11) is 0. The van der Waals surface area contributed by atoms with Gasteiger partial charge in [-0.2, -0.15) is 10.2 Å². The zero-order valence-corrected chi connectivity index (χ0v) is 12.5. The topological polar surface area (TPSA) is 81.2 Å². The Morgan fingerprint density at radius 3 is 2.70 bits per heavy atom. The van der Waals surface area contributed by atoms with Gasteiger partial charge in [-0.05, 0) is 30.7 Å². The van der Waals surface area contributed by atoms with E-state index < -0.39 is 23.7 Å². The summed E-state index contributed by atoms with van der Waals surface area (Å²) in [6.45, 7) is 1.69. The van der Waals surface area contributed by atoms with Gasteiger partial charge in [-0.25, -0.2) is 9.18 Å². The number of hydrogen-bond donors (Lipinski definition) is 1. The molecular weight excluding hydrogens is 301 g/mol. The Morgan fingerprint density at radius 1 is 1.26 bits per heavy atom. The van der Waals surface area contributed by atoms with Gasteiger partial charge in [0.2, 0.25) is 0 Å². The van der Waals surface area contributed by atoms with Crippen LogP contribution in [-0.2, 0) is 20.7 Å². The van der Waals surface area contributed by atoms with E-state index in [-0.39, 0.29) is 13.0 Å². The molecule has 7 heteroatoms. The van der Waals surface area contributed by atoms with Crippen molar-refractivity contribution in [3.8, 4) is 0 Å². The summed E-state index contributed by atoms with van der Waals surface area (Å²) in [5, 5.41) is 10.2. The van der Waals surface area contributed by atoms with Crippen molar-refractivity contribution < 1.29 is 18.7 Å². The summed E-state index contributed by atoms with van der Waals surface area (Å²) in [5.74, 6) is -2.29. The number of rotatable bonds is 5. The highest BCUT2D eigenvalue weighted by Gasteiger charge is 2.23. The van der Waals surface area contributed by atoms with Crippen LogP contribution < -0.4 is 5.32 Å². The summed E-state index contributed by atoms with van der Waals surface area (Å²) in [6.07, 6.45) is 1.62. The molecule has 0 radical (unpaired) electrons. The molecule has 0 aliphatic carbocycles. The first-order chi connectivity index (χ1) is 11.1. The largest absolute Gasteiger partial charge is 0.459 e. The highest BCUT2D eigenvalue weighted by atomic mass is 19.1. The van der Waals surface area contributed by atoms with Crippen LogP contribution in [-0.4, -0.2) is 28.7 Å². The van der Waals surface area contributed by atoms with Crippen LogP contribution in [0.1, 0.15) is 24.2 Å². The van der Waals surface area contributed by atoms with Crippen LogP contribution in [0.15, 0.2) is 42.6 Å². The lowest BCUT2D eigenvalue weighted by molar-refractivity contribution is -0.154. The molecule has 0 fully saturated rings. The van der Waals surface area contributed by atoms with Crippen molar-refractivity contribution in [1.29, 1.82) is 0 Å². The minimum Gasteiger partial charge on any atom is -0.459 e. The normalized spacial score (nSPS) is 11.6. The molecule has 0 saturated carbocycles. The molecular formula is C16H16FN3O3. The number of carbonyl (C=O) groups excluding carboxylic acids is 2. The molecule has 1 heterocycles. The Hall–Kier alpha value is -2.83. The van der Waals surface area contributed by atoms with Crippen LogP contribution in [0.3, 0.4) is 0 Å². The fraction of sp³-hybridized carbons (Fsp3) is 0.250. The number of nitrogens with zero attached hydrogens (tertiary/aromatic N) is 2. The van der Waals surface area contributed by atoms with Gasteiger partial charge in [0.15, 0.2) is 0 Å². The first-order valence-corrected chi connectivity index (χ1v) is 7.10. The van der Waals surface area contributed by atoms with Crippen LogP contribution in [0.4, 0.5) is 4.39 Å². The fourth-order valence-corrected chi connectivity index (χ4v) is 2.03. The lowest BCUT2D eigenvalue weighted by Gasteiger charge is -2.17. The number of amides is 1. The number of benzene rings is 1. The average Bonchev–Trinajstić information content (AvgIpc) is 2.57. The molecule has 1 N–H and O–H groups in total. The molecule has 0 aliphatic rings. The van der Waals surface area contributed by atoms with E-state index in [0.717, 1.165) is 0 Å². The van der Waals surface area contributed by atoms with Crippen LogP contribution in [0.25, 0.3) is 0 Å². The predicted molar refractivity (Wildman–Crippen MR) is 79.7 cm³/mol. The molecule has 23 heavy (non-hydrogen) atoms. The molecule has 0 bridgehead atoms. The van der Waals surface area contributed by atoms with Crippen LogP contribution in [0.2, 0.25) is 0 Å². The summed E-state index contributed by atoms with van der Waals surface area (Å²) < 4.78 is 18.5. The first-order valence-electron chi connectivity index (χ1n) is 7.10. The van der Waals surface area contributed by atoms with E-state index in [1.807, 2.05) is 0 Å². The Morgan fingerprint density at radius 2 is 2.04 bits per heavy atom. The molecule has 1 amide bonds. The van der Waals surface area contributed by atoms with Crippen molar-refractivity contribution >= 4 is 11.9 Å². The molecule has 2 rings (SSSR count). The maximum Gasteiger partial charge on any atom is 0.396 e. The van der Waals surface area contributed by atoms with Crippen LogP contribution in [0, 0.1) is 5.82 Å². The number of aromatic nitrogens is 2. The van der Waals surface area contributed by atoms with Gasteiger partial charge >= 0.3 is 11.9 Å². The molecule has 120 valence electrons. The monoisotopic (exact) mass is 317 g/mol. The zero-order valence-electron chi connectivity index (χ0n) is 12.5. The number of ether oxygens (including phenoxy) is 1. The second kappa shape index (κ2) is 7.98. The van der Waals surface area contributed by atoms with E-state index in [1.54, 1.807) is 37.3 Å².